The standard InChI is InChI=1S/C14H20N2O5S/c1-3-21-13-8-20-7-12(13)16-14(17)11-6-10(22(15,18)19)5-4-9(11)2/h4-6,12-13H,3,7-8H2,1-2H3,(H,16,17)(H2,15,18,19)/t12-,13-/m1/s1. The number of rotatable bonds is 5. The van der Waals surface area contributed by atoms with Crippen LogP contribution in [-0.2, 0) is 19.5 Å². The van der Waals surface area contributed by atoms with Crippen LogP contribution in [0.1, 0.15) is 22.8 Å². The maximum absolute atomic E-state index is 12.4. The summed E-state index contributed by atoms with van der Waals surface area (Å²) in [4.78, 5) is 12.3. The molecule has 0 bridgehead atoms. The lowest BCUT2D eigenvalue weighted by Gasteiger charge is -2.19. The Bertz CT molecular complexity index is 659. The Hall–Kier alpha value is -1.48. The lowest BCUT2D eigenvalue weighted by molar-refractivity contribution is 0.0402. The van der Waals surface area contributed by atoms with E-state index in [9.17, 15) is 13.2 Å². The van der Waals surface area contributed by atoms with E-state index in [2.05, 4.69) is 5.32 Å². The highest BCUT2D eigenvalue weighted by Crippen LogP contribution is 2.16. The predicted molar refractivity (Wildman–Crippen MR) is 80.0 cm³/mol. The average Bonchev–Trinajstić information content (AvgIpc) is 2.85. The molecule has 1 aliphatic heterocycles. The molecule has 7 nitrogen and oxygen atoms in total. The summed E-state index contributed by atoms with van der Waals surface area (Å²) in [5, 5.41) is 7.93. The molecule has 3 N–H and O–H groups in total. The fraction of sp³-hybridized carbons (Fsp3) is 0.500. The largest absolute Gasteiger partial charge is 0.376 e. The molecule has 2 atom stereocenters. The van der Waals surface area contributed by atoms with Gasteiger partial charge in [0.2, 0.25) is 10.0 Å². The van der Waals surface area contributed by atoms with Gasteiger partial charge in [0, 0.05) is 12.2 Å². The molecule has 1 heterocycles. The molecule has 1 fully saturated rings. The number of primary sulfonamides is 1. The summed E-state index contributed by atoms with van der Waals surface area (Å²) in [5.74, 6) is -0.372. The van der Waals surface area contributed by atoms with Crippen molar-refractivity contribution in [3.05, 3.63) is 29.3 Å². The van der Waals surface area contributed by atoms with Gasteiger partial charge in [0.1, 0.15) is 6.10 Å². The molecular weight excluding hydrogens is 308 g/mol. The Labute approximate surface area is 129 Å². The molecular formula is C14H20N2O5S. The first-order valence-corrected chi connectivity index (χ1v) is 8.51. The maximum Gasteiger partial charge on any atom is 0.251 e. The summed E-state index contributed by atoms with van der Waals surface area (Å²) in [5.41, 5.74) is 0.936. The zero-order valence-corrected chi connectivity index (χ0v) is 13.4. The van der Waals surface area contributed by atoms with E-state index in [-0.39, 0.29) is 28.5 Å². The Morgan fingerprint density at radius 1 is 1.45 bits per heavy atom. The fourth-order valence-electron chi connectivity index (χ4n) is 2.32. The van der Waals surface area contributed by atoms with Gasteiger partial charge in [-0.2, -0.15) is 0 Å². The molecule has 1 saturated heterocycles. The van der Waals surface area contributed by atoms with Crippen LogP contribution >= 0.6 is 0 Å². The first-order chi connectivity index (χ1) is 10.3. The topological polar surface area (TPSA) is 108 Å². The monoisotopic (exact) mass is 328 g/mol. The van der Waals surface area contributed by atoms with Crippen molar-refractivity contribution in [3.8, 4) is 0 Å². The molecule has 0 spiro atoms. The minimum atomic E-state index is -3.85. The van der Waals surface area contributed by atoms with Crippen molar-refractivity contribution in [2.45, 2.75) is 30.9 Å². The van der Waals surface area contributed by atoms with E-state index in [1.54, 1.807) is 13.0 Å². The van der Waals surface area contributed by atoms with Crippen LogP contribution in [-0.4, -0.2) is 46.3 Å². The highest BCUT2D eigenvalue weighted by atomic mass is 32.2. The number of aryl methyl sites for hydroxylation is 1. The molecule has 8 heteroatoms. The van der Waals surface area contributed by atoms with Crippen molar-refractivity contribution in [2.24, 2.45) is 5.14 Å². The Kier molecular flexibility index (Phi) is 5.17. The van der Waals surface area contributed by atoms with Gasteiger partial charge in [0.25, 0.3) is 5.91 Å². The number of carbonyl (C=O) groups is 1. The minimum Gasteiger partial charge on any atom is -0.376 e. The van der Waals surface area contributed by atoms with E-state index in [4.69, 9.17) is 14.6 Å². The van der Waals surface area contributed by atoms with E-state index in [1.807, 2.05) is 6.92 Å². The van der Waals surface area contributed by atoms with Crippen molar-refractivity contribution in [1.82, 2.24) is 5.32 Å². The zero-order valence-electron chi connectivity index (χ0n) is 12.5. The normalized spacial score (nSPS) is 21.8. The molecule has 22 heavy (non-hydrogen) atoms. The summed E-state index contributed by atoms with van der Waals surface area (Å²) in [7, 11) is -3.85. The maximum atomic E-state index is 12.4. The molecule has 1 amide bonds. The van der Waals surface area contributed by atoms with Gasteiger partial charge in [0.05, 0.1) is 24.2 Å². The first kappa shape index (κ1) is 16.9. The van der Waals surface area contributed by atoms with Crippen LogP contribution in [0.2, 0.25) is 0 Å². The molecule has 1 aromatic carbocycles. The van der Waals surface area contributed by atoms with Gasteiger partial charge in [-0.25, -0.2) is 13.6 Å². The molecule has 2 rings (SSSR count). The number of ether oxygens (including phenoxy) is 2. The number of hydrogen-bond donors (Lipinski definition) is 2. The van der Waals surface area contributed by atoms with E-state index in [0.717, 1.165) is 0 Å². The van der Waals surface area contributed by atoms with Gasteiger partial charge in [0.15, 0.2) is 0 Å². The number of amides is 1. The number of nitrogens with one attached hydrogen (secondary N) is 1. The van der Waals surface area contributed by atoms with Crippen LogP contribution in [0.25, 0.3) is 0 Å². The third-order valence-corrected chi connectivity index (χ3v) is 4.42. The molecule has 1 aliphatic rings. The molecule has 0 aliphatic carbocycles. The number of sulfonamides is 1. The summed E-state index contributed by atoms with van der Waals surface area (Å²) in [6.07, 6.45) is -0.198. The van der Waals surface area contributed by atoms with Crippen molar-refractivity contribution in [2.75, 3.05) is 19.8 Å². The summed E-state index contributed by atoms with van der Waals surface area (Å²) in [6, 6.07) is 3.96. The van der Waals surface area contributed by atoms with Crippen LogP contribution in [0.15, 0.2) is 23.1 Å². The summed E-state index contributed by atoms with van der Waals surface area (Å²) >= 11 is 0. The van der Waals surface area contributed by atoms with Gasteiger partial charge in [-0.05, 0) is 31.5 Å². The molecule has 0 saturated carbocycles. The Balaban J connectivity index is 2.19. The Morgan fingerprint density at radius 2 is 2.18 bits per heavy atom. The summed E-state index contributed by atoms with van der Waals surface area (Å²) < 4.78 is 33.6. The second kappa shape index (κ2) is 6.74. The number of benzene rings is 1. The SMILES string of the molecule is CCO[C@@H]1COC[C@H]1NC(=O)c1cc(S(N)(=O)=O)ccc1C. The van der Waals surface area contributed by atoms with Crippen LogP contribution in [0.5, 0.6) is 0 Å². The van der Waals surface area contributed by atoms with Crippen molar-refractivity contribution in [1.29, 1.82) is 0 Å². The van der Waals surface area contributed by atoms with Crippen LogP contribution in [0.3, 0.4) is 0 Å². The third-order valence-electron chi connectivity index (χ3n) is 3.51. The second-order valence-electron chi connectivity index (χ2n) is 5.13. The van der Waals surface area contributed by atoms with E-state index >= 15 is 0 Å². The van der Waals surface area contributed by atoms with Crippen molar-refractivity contribution >= 4 is 15.9 Å². The van der Waals surface area contributed by atoms with E-state index in [1.165, 1.54) is 12.1 Å². The number of carbonyl (C=O) groups excluding carboxylic acids is 1. The zero-order chi connectivity index (χ0) is 16.3. The third kappa shape index (κ3) is 3.83. The van der Waals surface area contributed by atoms with E-state index < -0.39 is 10.0 Å². The highest BCUT2D eigenvalue weighted by Gasteiger charge is 2.30. The second-order valence-corrected chi connectivity index (χ2v) is 6.69. The fourth-order valence-corrected chi connectivity index (χ4v) is 2.86. The van der Waals surface area contributed by atoms with E-state index in [0.29, 0.717) is 25.4 Å². The highest BCUT2D eigenvalue weighted by molar-refractivity contribution is 7.89. The van der Waals surface area contributed by atoms with Gasteiger partial charge in [-0.1, -0.05) is 6.07 Å². The minimum absolute atomic E-state index is 0.0905. The van der Waals surface area contributed by atoms with Gasteiger partial charge < -0.3 is 14.8 Å². The lowest BCUT2D eigenvalue weighted by atomic mass is 10.1. The van der Waals surface area contributed by atoms with Crippen molar-refractivity contribution in [3.63, 3.8) is 0 Å². The Morgan fingerprint density at radius 3 is 2.82 bits per heavy atom. The quantitative estimate of drug-likeness (QED) is 0.801. The molecule has 0 unspecified atom stereocenters. The predicted octanol–water partition coefficient (Wildman–Crippen LogP) is 0.176. The lowest BCUT2D eigenvalue weighted by Crippen LogP contribution is -2.44. The van der Waals surface area contributed by atoms with Gasteiger partial charge >= 0.3 is 0 Å². The van der Waals surface area contributed by atoms with Crippen molar-refractivity contribution < 1.29 is 22.7 Å². The molecule has 0 radical (unpaired) electrons. The van der Waals surface area contributed by atoms with Crippen LogP contribution < -0.4 is 10.5 Å². The first-order valence-electron chi connectivity index (χ1n) is 6.96. The number of nitrogens with two attached hydrogens (primary N) is 1. The molecule has 1 aromatic rings. The molecule has 0 aromatic heterocycles. The van der Waals surface area contributed by atoms with Gasteiger partial charge in [-0.15, -0.1) is 0 Å². The smallest absolute Gasteiger partial charge is 0.251 e. The molecule has 122 valence electrons. The summed E-state index contributed by atoms with van der Waals surface area (Å²) in [6.45, 7) is 4.92. The van der Waals surface area contributed by atoms with Gasteiger partial charge in [-0.3, -0.25) is 4.79 Å². The average molecular weight is 328 g/mol. The van der Waals surface area contributed by atoms with Crippen LogP contribution in [0, 0.1) is 6.92 Å². The van der Waals surface area contributed by atoms with Crippen LogP contribution in [0.4, 0.5) is 0 Å². The number of hydrogen-bond acceptors (Lipinski definition) is 5.